The van der Waals surface area contributed by atoms with Crippen LogP contribution in [0.3, 0.4) is 0 Å². The van der Waals surface area contributed by atoms with Crippen LogP contribution in [0.15, 0.2) is 0 Å². The first-order valence-electron chi connectivity index (χ1n) is 9.31. The SMILES string of the molecule is Cc1nn(CCC#N)c(C)c1CCC(=O)NC1CCCCCCC1. The van der Waals surface area contributed by atoms with E-state index >= 15 is 0 Å². The summed E-state index contributed by atoms with van der Waals surface area (Å²) in [4.78, 5) is 12.3. The van der Waals surface area contributed by atoms with E-state index < -0.39 is 0 Å². The molecular weight excluding hydrogens is 300 g/mol. The Morgan fingerprint density at radius 1 is 1.25 bits per heavy atom. The maximum absolute atomic E-state index is 12.3. The number of rotatable bonds is 6. The molecule has 1 aliphatic rings. The lowest BCUT2D eigenvalue weighted by Crippen LogP contribution is -2.35. The van der Waals surface area contributed by atoms with E-state index in [-0.39, 0.29) is 5.91 Å². The fraction of sp³-hybridized carbons (Fsp3) is 0.737. The molecule has 1 fully saturated rings. The van der Waals surface area contributed by atoms with Gasteiger partial charge in [0.25, 0.3) is 0 Å². The minimum atomic E-state index is 0.157. The lowest BCUT2D eigenvalue weighted by molar-refractivity contribution is -0.121. The first kappa shape index (κ1) is 18.5. The van der Waals surface area contributed by atoms with Crippen LogP contribution in [0.2, 0.25) is 0 Å². The van der Waals surface area contributed by atoms with Crippen LogP contribution in [0.5, 0.6) is 0 Å². The van der Waals surface area contributed by atoms with E-state index in [2.05, 4.69) is 16.5 Å². The van der Waals surface area contributed by atoms with E-state index in [0.29, 0.717) is 25.4 Å². The van der Waals surface area contributed by atoms with Crippen molar-refractivity contribution in [3.63, 3.8) is 0 Å². The molecule has 2 rings (SSSR count). The summed E-state index contributed by atoms with van der Waals surface area (Å²) < 4.78 is 1.89. The highest BCUT2D eigenvalue weighted by Gasteiger charge is 2.16. The van der Waals surface area contributed by atoms with E-state index in [1.54, 1.807) is 0 Å². The summed E-state index contributed by atoms with van der Waals surface area (Å²) in [6.45, 7) is 4.63. The Hall–Kier alpha value is -1.83. The standard InChI is InChI=1S/C19H30N4O/c1-15-18(16(2)23(22-15)14-8-13-20)11-12-19(24)21-17-9-6-4-3-5-7-10-17/h17H,3-12,14H2,1-2H3,(H,21,24). The Balaban J connectivity index is 1.85. The first-order chi connectivity index (χ1) is 11.6. The number of aryl methyl sites for hydroxylation is 2. The second-order valence-corrected chi connectivity index (χ2v) is 6.89. The van der Waals surface area contributed by atoms with Gasteiger partial charge in [-0.15, -0.1) is 0 Å². The van der Waals surface area contributed by atoms with Crippen LogP contribution < -0.4 is 5.32 Å². The number of nitrogens with zero attached hydrogens (tertiary/aromatic N) is 3. The van der Waals surface area contributed by atoms with Gasteiger partial charge in [0.15, 0.2) is 0 Å². The van der Waals surface area contributed by atoms with Crippen molar-refractivity contribution in [2.45, 2.75) is 90.6 Å². The molecule has 1 aromatic heterocycles. The number of carbonyl (C=O) groups excluding carboxylic acids is 1. The quantitative estimate of drug-likeness (QED) is 0.866. The molecule has 1 N–H and O–H groups in total. The highest BCUT2D eigenvalue weighted by Crippen LogP contribution is 2.18. The third-order valence-corrected chi connectivity index (χ3v) is 5.04. The minimum absolute atomic E-state index is 0.157. The number of hydrogen-bond acceptors (Lipinski definition) is 3. The van der Waals surface area contributed by atoms with Crippen molar-refractivity contribution in [3.05, 3.63) is 17.0 Å². The molecule has 24 heavy (non-hydrogen) atoms. The fourth-order valence-corrected chi connectivity index (χ4v) is 3.61. The third kappa shape index (κ3) is 5.36. The molecule has 1 amide bonds. The molecule has 0 unspecified atom stereocenters. The molecule has 1 heterocycles. The summed E-state index contributed by atoms with van der Waals surface area (Å²) in [5.41, 5.74) is 3.21. The molecule has 5 heteroatoms. The largest absolute Gasteiger partial charge is 0.353 e. The molecule has 0 spiro atoms. The molecule has 132 valence electrons. The molecule has 1 saturated carbocycles. The van der Waals surface area contributed by atoms with E-state index in [4.69, 9.17) is 5.26 Å². The highest BCUT2D eigenvalue weighted by atomic mass is 16.1. The van der Waals surface area contributed by atoms with Crippen molar-refractivity contribution >= 4 is 5.91 Å². The molecule has 0 saturated heterocycles. The van der Waals surface area contributed by atoms with E-state index in [1.807, 2.05) is 18.5 Å². The second kappa shape index (κ2) is 9.46. The Labute approximate surface area is 145 Å². The predicted molar refractivity (Wildman–Crippen MR) is 94.5 cm³/mol. The number of nitriles is 1. The zero-order valence-electron chi connectivity index (χ0n) is 15.1. The van der Waals surface area contributed by atoms with Gasteiger partial charge in [-0.1, -0.05) is 32.1 Å². The highest BCUT2D eigenvalue weighted by molar-refractivity contribution is 5.76. The summed E-state index contributed by atoms with van der Waals surface area (Å²) in [5.74, 6) is 0.157. The topological polar surface area (TPSA) is 70.7 Å². The van der Waals surface area contributed by atoms with Crippen LogP contribution in [0, 0.1) is 25.2 Å². The Morgan fingerprint density at radius 3 is 2.58 bits per heavy atom. The molecule has 0 aliphatic heterocycles. The van der Waals surface area contributed by atoms with Crippen LogP contribution >= 0.6 is 0 Å². The number of hydrogen-bond donors (Lipinski definition) is 1. The van der Waals surface area contributed by atoms with Crippen LogP contribution in [-0.2, 0) is 17.8 Å². The minimum Gasteiger partial charge on any atom is -0.353 e. The van der Waals surface area contributed by atoms with Gasteiger partial charge in [0, 0.05) is 18.2 Å². The van der Waals surface area contributed by atoms with Gasteiger partial charge in [-0.05, 0) is 38.7 Å². The summed E-state index contributed by atoms with van der Waals surface area (Å²) in [7, 11) is 0. The van der Waals surface area contributed by atoms with Gasteiger partial charge in [-0.25, -0.2) is 0 Å². The Bertz CT molecular complexity index is 577. The zero-order valence-corrected chi connectivity index (χ0v) is 15.1. The van der Waals surface area contributed by atoms with Crippen LogP contribution in [0.4, 0.5) is 0 Å². The summed E-state index contributed by atoms with van der Waals surface area (Å²) in [6.07, 6.45) is 10.3. The Kier molecular flexibility index (Phi) is 7.30. The van der Waals surface area contributed by atoms with Crippen molar-refractivity contribution in [2.75, 3.05) is 0 Å². The van der Waals surface area contributed by atoms with Crippen molar-refractivity contribution < 1.29 is 4.79 Å². The lowest BCUT2D eigenvalue weighted by Gasteiger charge is -2.21. The van der Waals surface area contributed by atoms with Crippen molar-refractivity contribution in [1.29, 1.82) is 5.26 Å². The predicted octanol–water partition coefficient (Wildman–Crippen LogP) is 3.58. The van der Waals surface area contributed by atoms with Crippen LogP contribution in [-0.4, -0.2) is 21.7 Å². The average molecular weight is 330 g/mol. The monoisotopic (exact) mass is 330 g/mol. The van der Waals surface area contributed by atoms with Gasteiger partial charge >= 0.3 is 0 Å². The Morgan fingerprint density at radius 2 is 1.92 bits per heavy atom. The first-order valence-corrected chi connectivity index (χ1v) is 9.31. The molecule has 0 radical (unpaired) electrons. The second-order valence-electron chi connectivity index (χ2n) is 6.89. The van der Waals surface area contributed by atoms with E-state index in [1.165, 1.54) is 32.1 Å². The number of aromatic nitrogens is 2. The summed E-state index contributed by atoms with van der Waals surface area (Å²) >= 11 is 0. The molecule has 0 aromatic carbocycles. The number of carbonyl (C=O) groups is 1. The molecule has 0 atom stereocenters. The third-order valence-electron chi connectivity index (χ3n) is 5.04. The van der Waals surface area contributed by atoms with Crippen molar-refractivity contribution in [2.24, 2.45) is 0 Å². The number of amides is 1. The fourth-order valence-electron chi connectivity index (χ4n) is 3.61. The van der Waals surface area contributed by atoms with Crippen LogP contribution in [0.1, 0.15) is 74.7 Å². The van der Waals surface area contributed by atoms with Gasteiger partial charge in [-0.2, -0.15) is 10.4 Å². The van der Waals surface area contributed by atoms with E-state index in [9.17, 15) is 4.79 Å². The van der Waals surface area contributed by atoms with Crippen molar-refractivity contribution in [3.8, 4) is 6.07 Å². The van der Waals surface area contributed by atoms with E-state index in [0.717, 1.165) is 36.2 Å². The smallest absolute Gasteiger partial charge is 0.220 e. The van der Waals surface area contributed by atoms with Gasteiger partial charge < -0.3 is 5.32 Å². The molecule has 1 aromatic rings. The molecular formula is C19H30N4O. The molecule has 5 nitrogen and oxygen atoms in total. The maximum Gasteiger partial charge on any atom is 0.220 e. The lowest BCUT2D eigenvalue weighted by atomic mass is 9.96. The number of nitrogens with one attached hydrogen (secondary N) is 1. The normalized spacial score (nSPS) is 16.2. The molecule has 0 bridgehead atoms. The van der Waals surface area contributed by atoms with Gasteiger partial charge in [-0.3, -0.25) is 9.48 Å². The molecule has 1 aliphatic carbocycles. The van der Waals surface area contributed by atoms with Gasteiger partial charge in [0.2, 0.25) is 5.91 Å². The van der Waals surface area contributed by atoms with Gasteiger partial charge in [0.1, 0.15) is 0 Å². The van der Waals surface area contributed by atoms with Crippen LogP contribution in [0.25, 0.3) is 0 Å². The average Bonchev–Trinajstić information content (AvgIpc) is 2.80. The summed E-state index contributed by atoms with van der Waals surface area (Å²) in [5, 5.41) is 16.4. The van der Waals surface area contributed by atoms with Crippen molar-refractivity contribution in [1.82, 2.24) is 15.1 Å². The van der Waals surface area contributed by atoms with Gasteiger partial charge in [0.05, 0.1) is 24.7 Å². The maximum atomic E-state index is 12.3. The summed E-state index contributed by atoms with van der Waals surface area (Å²) in [6, 6.07) is 2.51. The zero-order chi connectivity index (χ0) is 17.4.